The molecule has 2 aromatic rings. The number of carbonyl (C=O) groups excluding carboxylic acids is 2. The molecule has 0 bridgehead atoms. The first-order chi connectivity index (χ1) is 13.1. The average Bonchev–Trinajstić information content (AvgIpc) is 2.67. The van der Waals surface area contributed by atoms with Gasteiger partial charge in [-0.3, -0.25) is 9.59 Å². The lowest BCUT2D eigenvalue weighted by Crippen LogP contribution is -2.24. The number of rotatable bonds is 8. The Morgan fingerprint density at radius 3 is 2.63 bits per heavy atom. The van der Waals surface area contributed by atoms with Crippen molar-refractivity contribution in [2.75, 3.05) is 19.0 Å². The molecule has 0 spiro atoms. The number of benzene rings is 2. The Bertz CT molecular complexity index is 854. The standard InChI is InChI=1S/C20H19N3O4/c1-3-11-27-17-9-7-15(8-10-17)14-21-23-20(25)13-19(24)22-16-5-4-6-18(12-16)26-2/h1,4-10,12,14H,11,13H2,2H3,(H,22,24)(H,23,25). The second kappa shape index (κ2) is 10.3. The summed E-state index contributed by atoms with van der Waals surface area (Å²) in [6, 6.07) is 13.9. The van der Waals surface area contributed by atoms with Gasteiger partial charge < -0.3 is 14.8 Å². The summed E-state index contributed by atoms with van der Waals surface area (Å²) in [4.78, 5) is 23.7. The zero-order chi connectivity index (χ0) is 19.5. The van der Waals surface area contributed by atoms with Gasteiger partial charge in [-0.2, -0.15) is 5.10 Å². The molecule has 0 saturated carbocycles. The molecule has 0 heterocycles. The fraction of sp³-hybridized carbons (Fsp3) is 0.150. The number of carbonyl (C=O) groups is 2. The number of anilines is 1. The van der Waals surface area contributed by atoms with Crippen LogP contribution in [0.1, 0.15) is 12.0 Å². The van der Waals surface area contributed by atoms with Crippen LogP contribution in [-0.4, -0.2) is 31.7 Å². The molecule has 0 aliphatic rings. The summed E-state index contributed by atoms with van der Waals surface area (Å²) in [5.74, 6) is 2.65. The van der Waals surface area contributed by atoms with Gasteiger partial charge in [0.2, 0.25) is 11.8 Å². The molecule has 7 nitrogen and oxygen atoms in total. The number of methoxy groups -OCH3 is 1. The maximum atomic E-state index is 11.9. The number of hydrogen-bond acceptors (Lipinski definition) is 5. The summed E-state index contributed by atoms with van der Waals surface area (Å²) in [5.41, 5.74) is 3.60. The summed E-state index contributed by atoms with van der Waals surface area (Å²) in [6.45, 7) is 0.196. The second-order valence-electron chi connectivity index (χ2n) is 5.31. The lowest BCUT2D eigenvalue weighted by molar-refractivity contribution is -0.126. The van der Waals surface area contributed by atoms with Crippen molar-refractivity contribution in [3.05, 3.63) is 54.1 Å². The monoisotopic (exact) mass is 365 g/mol. The molecule has 7 heteroatoms. The lowest BCUT2D eigenvalue weighted by Gasteiger charge is -2.06. The molecule has 0 fully saturated rings. The van der Waals surface area contributed by atoms with Gasteiger partial charge in [0.15, 0.2) is 0 Å². The Morgan fingerprint density at radius 1 is 1.15 bits per heavy atom. The van der Waals surface area contributed by atoms with E-state index >= 15 is 0 Å². The smallest absolute Gasteiger partial charge is 0.249 e. The molecule has 0 saturated heterocycles. The molecular formula is C20H19N3O4. The van der Waals surface area contributed by atoms with E-state index in [1.54, 1.807) is 48.5 Å². The number of nitrogens with one attached hydrogen (secondary N) is 2. The number of terminal acetylenes is 1. The molecule has 138 valence electrons. The van der Waals surface area contributed by atoms with Gasteiger partial charge in [0.05, 0.1) is 13.3 Å². The van der Waals surface area contributed by atoms with Crippen molar-refractivity contribution in [1.29, 1.82) is 0 Å². The second-order valence-corrected chi connectivity index (χ2v) is 5.31. The highest BCUT2D eigenvalue weighted by atomic mass is 16.5. The Hall–Kier alpha value is -3.79. The fourth-order valence-electron chi connectivity index (χ4n) is 2.05. The van der Waals surface area contributed by atoms with Crippen molar-refractivity contribution in [3.8, 4) is 23.8 Å². The minimum absolute atomic E-state index is 0.196. The van der Waals surface area contributed by atoms with Gasteiger partial charge in [-0.15, -0.1) is 6.42 Å². The minimum Gasteiger partial charge on any atom is -0.497 e. The van der Waals surface area contributed by atoms with Crippen LogP contribution in [0.3, 0.4) is 0 Å². The molecule has 2 N–H and O–H groups in total. The molecule has 2 amide bonds. The summed E-state index contributed by atoms with van der Waals surface area (Å²) in [5, 5.41) is 6.44. The predicted molar refractivity (Wildman–Crippen MR) is 103 cm³/mol. The van der Waals surface area contributed by atoms with Crippen LogP contribution < -0.4 is 20.2 Å². The van der Waals surface area contributed by atoms with Gasteiger partial charge in [-0.05, 0) is 42.0 Å². The van der Waals surface area contributed by atoms with Gasteiger partial charge in [0.1, 0.15) is 24.5 Å². The number of amides is 2. The molecule has 0 aromatic heterocycles. The van der Waals surface area contributed by atoms with Gasteiger partial charge >= 0.3 is 0 Å². The van der Waals surface area contributed by atoms with Crippen molar-refractivity contribution < 1.29 is 19.1 Å². The molecule has 0 unspecified atom stereocenters. The summed E-state index contributed by atoms with van der Waals surface area (Å²) >= 11 is 0. The molecular weight excluding hydrogens is 346 g/mol. The van der Waals surface area contributed by atoms with E-state index in [0.717, 1.165) is 5.56 Å². The maximum Gasteiger partial charge on any atom is 0.249 e. The van der Waals surface area contributed by atoms with Crippen LogP contribution in [0.4, 0.5) is 5.69 Å². The average molecular weight is 365 g/mol. The van der Waals surface area contributed by atoms with Crippen molar-refractivity contribution in [2.24, 2.45) is 5.10 Å². The van der Waals surface area contributed by atoms with Gasteiger partial charge in [0.25, 0.3) is 0 Å². The summed E-state index contributed by atoms with van der Waals surface area (Å²) < 4.78 is 10.3. The normalized spacial score (nSPS) is 10.1. The van der Waals surface area contributed by atoms with Crippen LogP contribution in [-0.2, 0) is 9.59 Å². The van der Waals surface area contributed by atoms with Crippen molar-refractivity contribution in [2.45, 2.75) is 6.42 Å². The third kappa shape index (κ3) is 6.92. The fourth-order valence-corrected chi connectivity index (χ4v) is 2.05. The third-order valence-electron chi connectivity index (χ3n) is 3.28. The minimum atomic E-state index is -0.527. The van der Waals surface area contributed by atoms with Crippen molar-refractivity contribution in [1.82, 2.24) is 5.43 Å². The molecule has 2 aromatic carbocycles. The number of hydrazone groups is 1. The van der Waals surface area contributed by atoms with E-state index in [2.05, 4.69) is 21.8 Å². The van der Waals surface area contributed by atoms with E-state index in [0.29, 0.717) is 17.2 Å². The summed E-state index contributed by atoms with van der Waals surface area (Å²) in [7, 11) is 1.53. The van der Waals surface area contributed by atoms with Gasteiger partial charge in [-0.1, -0.05) is 12.0 Å². The first kappa shape index (κ1) is 19.5. The van der Waals surface area contributed by atoms with Crippen LogP contribution in [0.5, 0.6) is 11.5 Å². The molecule has 0 radical (unpaired) electrons. The third-order valence-corrected chi connectivity index (χ3v) is 3.28. The van der Waals surface area contributed by atoms with E-state index in [9.17, 15) is 9.59 Å². The van der Waals surface area contributed by atoms with E-state index in [1.807, 2.05) is 0 Å². The van der Waals surface area contributed by atoms with Crippen LogP contribution >= 0.6 is 0 Å². The first-order valence-corrected chi connectivity index (χ1v) is 8.03. The van der Waals surface area contributed by atoms with Crippen molar-refractivity contribution in [3.63, 3.8) is 0 Å². The number of nitrogens with zero attached hydrogens (tertiary/aromatic N) is 1. The molecule has 27 heavy (non-hydrogen) atoms. The van der Waals surface area contributed by atoms with Gasteiger partial charge in [0, 0.05) is 11.8 Å². The summed E-state index contributed by atoms with van der Waals surface area (Å²) in [6.07, 6.45) is 6.23. The van der Waals surface area contributed by atoms with E-state index in [1.165, 1.54) is 13.3 Å². The SMILES string of the molecule is C#CCOc1ccc(C=NNC(=O)CC(=O)Nc2cccc(OC)c2)cc1. The van der Waals surface area contributed by atoms with Crippen molar-refractivity contribution >= 4 is 23.7 Å². The number of ether oxygens (including phenoxy) is 2. The van der Waals surface area contributed by atoms with Crippen LogP contribution in [0.2, 0.25) is 0 Å². The predicted octanol–water partition coefficient (Wildman–Crippen LogP) is 2.19. The molecule has 2 rings (SSSR count). The highest BCUT2D eigenvalue weighted by Crippen LogP contribution is 2.16. The Balaban J connectivity index is 1.78. The molecule has 0 atom stereocenters. The van der Waals surface area contributed by atoms with E-state index in [4.69, 9.17) is 15.9 Å². The molecule has 0 aliphatic carbocycles. The number of hydrogen-bond donors (Lipinski definition) is 2. The zero-order valence-corrected chi connectivity index (χ0v) is 14.8. The largest absolute Gasteiger partial charge is 0.497 e. The topological polar surface area (TPSA) is 89.0 Å². The van der Waals surface area contributed by atoms with Crippen LogP contribution in [0, 0.1) is 12.3 Å². The Morgan fingerprint density at radius 2 is 1.93 bits per heavy atom. The van der Waals surface area contributed by atoms with Crippen LogP contribution in [0.25, 0.3) is 0 Å². The molecule has 0 aliphatic heterocycles. The van der Waals surface area contributed by atoms with E-state index in [-0.39, 0.29) is 13.0 Å². The zero-order valence-electron chi connectivity index (χ0n) is 14.8. The maximum absolute atomic E-state index is 11.9. The first-order valence-electron chi connectivity index (χ1n) is 8.03. The van der Waals surface area contributed by atoms with Gasteiger partial charge in [-0.25, -0.2) is 5.43 Å². The highest BCUT2D eigenvalue weighted by Gasteiger charge is 2.09. The Labute approximate surface area is 157 Å². The Kier molecular flexibility index (Phi) is 7.42. The lowest BCUT2D eigenvalue weighted by atomic mass is 10.2. The van der Waals surface area contributed by atoms with E-state index < -0.39 is 11.8 Å². The van der Waals surface area contributed by atoms with Crippen LogP contribution in [0.15, 0.2) is 53.6 Å². The highest BCUT2D eigenvalue weighted by molar-refractivity contribution is 6.03. The quantitative estimate of drug-likeness (QED) is 0.325.